The molecule has 0 aliphatic heterocycles. The summed E-state index contributed by atoms with van der Waals surface area (Å²) in [6.45, 7) is 0. The van der Waals surface area contributed by atoms with Crippen molar-refractivity contribution in [1.82, 2.24) is 4.98 Å². The third-order valence-electron chi connectivity index (χ3n) is 2.91. The highest BCUT2D eigenvalue weighted by Gasteiger charge is 2.11. The third-order valence-corrected chi connectivity index (χ3v) is 3.15. The summed E-state index contributed by atoms with van der Waals surface area (Å²) in [5.74, 6) is 0.223. The number of aromatic nitrogens is 1. The summed E-state index contributed by atoms with van der Waals surface area (Å²) in [5.41, 5.74) is 8.60. The number of nitrogens with zero attached hydrogens (tertiary/aromatic N) is 1. The van der Waals surface area contributed by atoms with Gasteiger partial charge in [-0.15, -0.1) is 0 Å². The largest absolute Gasteiger partial charge is 0.398 e. The minimum Gasteiger partial charge on any atom is -0.398 e. The van der Waals surface area contributed by atoms with Gasteiger partial charge in [-0.25, -0.2) is 0 Å². The Labute approximate surface area is 104 Å². The van der Waals surface area contributed by atoms with Crippen molar-refractivity contribution in [2.75, 3.05) is 5.73 Å². The topological polar surface area (TPSA) is 38.9 Å². The van der Waals surface area contributed by atoms with E-state index in [1.165, 1.54) is 0 Å². The maximum Gasteiger partial charge on any atom is 0.0741 e. The fraction of sp³-hybridized carbons (Fsp3) is 0.0714. The highest BCUT2D eigenvalue weighted by Crippen LogP contribution is 2.28. The molecule has 1 heterocycles. The lowest BCUT2D eigenvalue weighted by molar-refractivity contribution is 1.03. The lowest BCUT2D eigenvalue weighted by atomic mass is 10.0. The Morgan fingerprint density at radius 1 is 1.12 bits per heavy atom. The van der Waals surface area contributed by atoms with E-state index in [-0.39, 0.29) is 5.92 Å². The molecule has 0 spiro atoms. The van der Waals surface area contributed by atoms with Gasteiger partial charge in [-0.1, -0.05) is 35.9 Å². The fourth-order valence-corrected chi connectivity index (χ4v) is 2.22. The number of pyridine rings is 1. The first-order valence-corrected chi connectivity index (χ1v) is 5.82. The monoisotopic (exact) mass is 242 g/mol. The van der Waals surface area contributed by atoms with Crippen LogP contribution in [0.1, 0.15) is 11.6 Å². The second kappa shape index (κ2) is 3.90. The number of allylic oxidation sites excluding steroid dienone is 4. The minimum absolute atomic E-state index is 0.223. The SMILES string of the molecule is Nc1cc(C2C=CC=C2)nc2cc(Cl)ccc12. The molecule has 1 aliphatic carbocycles. The molecule has 1 aliphatic rings. The summed E-state index contributed by atoms with van der Waals surface area (Å²) in [4.78, 5) is 4.61. The van der Waals surface area contributed by atoms with Gasteiger partial charge in [0.1, 0.15) is 0 Å². The van der Waals surface area contributed by atoms with E-state index in [0.717, 1.165) is 22.3 Å². The molecule has 2 aromatic rings. The number of hydrogen-bond donors (Lipinski definition) is 1. The zero-order valence-corrected chi connectivity index (χ0v) is 9.85. The van der Waals surface area contributed by atoms with Gasteiger partial charge in [-0.2, -0.15) is 0 Å². The van der Waals surface area contributed by atoms with Gasteiger partial charge < -0.3 is 5.73 Å². The molecule has 2 N–H and O–H groups in total. The molecule has 0 atom stereocenters. The molecule has 0 unspecified atom stereocenters. The molecule has 2 nitrogen and oxygen atoms in total. The van der Waals surface area contributed by atoms with E-state index >= 15 is 0 Å². The van der Waals surface area contributed by atoms with Gasteiger partial charge in [-0.3, -0.25) is 4.98 Å². The maximum atomic E-state index is 6.04. The Balaban J connectivity index is 2.21. The lowest BCUT2D eigenvalue weighted by Crippen LogP contribution is -1.98. The van der Waals surface area contributed by atoms with Crippen LogP contribution in [0.5, 0.6) is 0 Å². The van der Waals surface area contributed by atoms with E-state index in [9.17, 15) is 0 Å². The maximum absolute atomic E-state index is 6.04. The highest BCUT2D eigenvalue weighted by atomic mass is 35.5. The summed E-state index contributed by atoms with van der Waals surface area (Å²) >= 11 is 5.97. The van der Waals surface area contributed by atoms with Crippen LogP contribution >= 0.6 is 11.6 Å². The molecule has 0 saturated carbocycles. The Kier molecular flexibility index (Phi) is 2.37. The van der Waals surface area contributed by atoms with E-state index in [0.29, 0.717) is 5.02 Å². The smallest absolute Gasteiger partial charge is 0.0741 e. The number of hydrogen-bond acceptors (Lipinski definition) is 2. The Morgan fingerprint density at radius 2 is 1.88 bits per heavy atom. The predicted octanol–water partition coefficient (Wildman–Crippen LogP) is 3.68. The van der Waals surface area contributed by atoms with Gasteiger partial charge in [0.15, 0.2) is 0 Å². The Bertz CT molecular complexity index is 632. The van der Waals surface area contributed by atoms with E-state index in [2.05, 4.69) is 17.1 Å². The average molecular weight is 243 g/mol. The van der Waals surface area contributed by atoms with Gasteiger partial charge in [-0.05, 0) is 24.3 Å². The van der Waals surface area contributed by atoms with Crippen LogP contribution in [0.4, 0.5) is 5.69 Å². The standard InChI is InChI=1S/C14H11ClN2/c15-10-5-6-11-12(16)8-13(17-14(11)7-10)9-3-1-2-4-9/h1-9H,(H2,16,17). The number of anilines is 1. The highest BCUT2D eigenvalue weighted by molar-refractivity contribution is 6.31. The number of benzene rings is 1. The molecule has 17 heavy (non-hydrogen) atoms. The van der Waals surface area contributed by atoms with Crippen LogP contribution in [0.15, 0.2) is 48.6 Å². The average Bonchev–Trinajstić information content (AvgIpc) is 2.81. The number of halogens is 1. The molecule has 3 heteroatoms. The van der Waals surface area contributed by atoms with Gasteiger partial charge in [0.25, 0.3) is 0 Å². The fourth-order valence-electron chi connectivity index (χ4n) is 2.05. The van der Waals surface area contributed by atoms with Crippen molar-refractivity contribution in [1.29, 1.82) is 0 Å². The van der Waals surface area contributed by atoms with Crippen LogP contribution in [0, 0.1) is 0 Å². The normalized spacial score (nSPS) is 14.9. The molecular formula is C14H11ClN2. The number of nitrogens with two attached hydrogens (primary N) is 1. The lowest BCUT2D eigenvalue weighted by Gasteiger charge is -2.09. The van der Waals surface area contributed by atoms with Crippen molar-refractivity contribution in [2.24, 2.45) is 0 Å². The first-order chi connectivity index (χ1) is 8.24. The van der Waals surface area contributed by atoms with E-state index in [1.54, 1.807) is 0 Å². The van der Waals surface area contributed by atoms with Gasteiger partial charge >= 0.3 is 0 Å². The van der Waals surface area contributed by atoms with Gasteiger partial charge in [0.2, 0.25) is 0 Å². The quantitative estimate of drug-likeness (QED) is 0.829. The van der Waals surface area contributed by atoms with Gasteiger partial charge in [0.05, 0.1) is 11.2 Å². The molecule has 84 valence electrons. The van der Waals surface area contributed by atoms with E-state index < -0.39 is 0 Å². The molecule has 0 amide bonds. The number of nitrogen functional groups attached to an aromatic ring is 1. The second-order valence-corrected chi connectivity index (χ2v) is 4.53. The summed E-state index contributed by atoms with van der Waals surface area (Å²) in [6.07, 6.45) is 8.23. The van der Waals surface area contributed by atoms with Crippen LogP contribution in [0.25, 0.3) is 10.9 Å². The minimum atomic E-state index is 0.223. The van der Waals surface area contributed by atoms with Crippen molar-refractivity contribution < 1.29 is 0 Å². The van der Waals surface area contributed by atoms with Crippen LogP contribution < -0.4 is 5.73 Å². The Morgan fingerprint density at radius 3 is 2.65 bits per heavy atom. The molecule has 0 radical (unpaired) electrons. The van der Waals surface area contributed by atoms with Crippen LogP contribution in [-0.4, -0.2) is 4.98 Å². The van der Waals surface area contributed by atoms with Crippen LogP contribution in [0.3, 0.4) is 0 Å². The summed E-state index contributed by atoms with van der Waals surface area (Å²) in [6, 6.07) is 7.51. The Hall–Kier alpha value is -1.80. The first-order valence-electron chi connectivity index (χ1n) is 5.45. The van der Waals surface area contributed by atoms with Crippen molar-refractivity contribution in [2.45, 2.75) is 5.92 Å². The van der Waals surface area contributed by atoms with E-state index in [4.69, 9.17) is 17.3 Å². The molecular weight excluding hydrogens is 232 g/mol. The van der Waals surface area contributed by atoms with Crippen molar-refractivity contribution in [3.63, 3.8) is 0 Å². The third kappa shape index (κ3) is 1.81. The summed E-state index contributed by atoms with van der Waals surface area (Å²) in [7, 11) is 0. The second-order valence-electron chi connectivity index (χ2n) is 4.09. The molecule has 1 aromatic heterocycles. The molecule has 0 bridgehead atoms. The van der Waals surface area contributed by atoms with Crippen LogP contribution in [0.2, 0.25) is 5.02 Å². The van der Waals surface area contributed by atoms with Crippen molar-refractivity contribution >= 4 is 28.2 Å². The van der Waals surface area contributed by atoms with Crippen LogP contribution in [-0.2, 0) is 0 Å². The van der Waals surface area contributed by atoms with Gasteiger partial charge in [0, 0.05) is 22.0 Å². The summed E-state index contributed by atoms with van der Waals surface area (Å²) < 4.78 is 0. The zero-order valence-electron chi connectivity index (χ0n) is 9.10. The summed E-state index contributed by atoms with van der Waals surface area (Å²) in [5, 5.41) is 1.63. The predicted molar refractivity (Wildman–Crippen MR) is 72.2 cm³/mol. The first kappa shape index (κ1) is 10.4. The molecule has 3 rings (SSSR count). The molecule has 1 aromatic carbocycles. The van der Waals surface area contributed by atoms with Crippen molar-refractivity contribution in [3.05, 3.63) is 59.3 Å². The number of fused-ring (bicyclic) bond motifs is 1. The number of rotatable bonds is 1. The van der Waals surface area contributed by atoms with Crippen molar-refractivity contribution in [3.8, 4) is 0 Å². The molecule has 0 fully saturated rings. The zero-order chi connectivity index (χ0) is 11.8. The molecule has 0 saturated heterocycles. The van der Waals surface area contributed by atoms with E-state index in [1.807, 2.05) is 36.4 Å².